The Hall–Kier alpha value is 0.700. The highest BCUT2D eigenvalue weighted by Gasteiger charge is 2.01. The number of halogens is 2. The van der Waals surface area contributed by atoms with Crippen LogP contribution in [-0.2, 0) is 0 Å². The number of hydrogen-bond donors (Lipinski definition) is 0. The fourth-order valence-corrected chi connectivity index (χ4v) is 2.23. The van der Waals surface area contributed by atoms with E-state index in [1.807, 2.05) is 0 Å². The Morgan fingerprint density at radius 2 is 1.21 bits per heavy atom. The molecule has 0 aromatic carbocycles. The van der Waals surface area contributed by atoms with Gasteiger partial charge in [0.25, 0.3) is 0 Å². The molecule has 0 aromatic heterocycles. The molecular weight excluding hydrogens is 304 g/mol. The maximum absolute atomic E-state index is 3.67. The third-order valence-electron chi connectivity index (χ3n) is 2.20. The fraction of sp³-hybridized carbons (Fsp3) is 0.833. The van der Waals surface area contributed by atoms with Crippen LogP contribution >= 0.6 is 31.9 Å². The fourth-order valence-electron chi connectivity index (χ4n) is 1.23. The Morgan fingerprint density at radius 1 is 0.857 bits per heavy atom. The molecule has 2 heteroatoms. The number of alkyl halides is 2. The van der Waals surface area contributed by atoms with Crippen LogP contribution in [0.2, 0.25) is 0 Å². The van der Waals surface area contributed by atoms with Gasteiger partial charge >= 0.3 is 0 Å². The van der Waals surface area contributed by atoms with Gasteiger partial charge in [0.05, 0.1) is 0 Å². The summed E-state index contributed by atoms with van der Waals surface area (Å²) in [7, 11) is 0. The van der Waals surface area contributed by atoms with Crippen molar-refractivity contribution in [3.05, 3.63) is 12.2 Å². The van der Waals surface area contributed by atoms with E-state index in [-0.39, 0.29) is 0 Å². The molecule has 0 spiro atoms. The van der Waals surface area contributed by atoms with Crippen molar-refractivity contribution in [1.82, 2.24) is 0 Å². The van der Waals surface area contributed by atoms with Gasteiger partial charge in [0.1, 0.15) is 0 Å². The Labute approximate surface area is 106 Å². The van der Waals surface area contributed by atoms with Gasteiger partial charge in [-0.3, -0.25) is 0 Å². The van der Waals surface area contributed by atoms with Crippen LogP contribution in [0.25, 0.3) is 0 Å². The van der Waals surface area contributed by atoms with Gasteiger partial charge < -0.3 is 0 Å². The van der Waals surface area contributed by atoms with Crippen molar-refractivity contribution < 1.29 is 0 Å². The SMILES string of the molecule is CCCCC(Br)C=CC(Br)CCCC. The zero-order chi connectivity index (χ0) is 10.8. The molecule has 0 rings (SSSR count). The summed E-state index contributed by atoms with van der Waals surface area (Å²) in [6, 6.07) is 0. The molecule has 2 unspecified atom stereocenters. The average Bonchev–Trinajstić information content (AvgIpc) is 2.20. The van der Waals surface area contributed by atoms with Crippen LogP contribution in [0.3, 0.4) is 0 Å². The van der Waals surface area contributed by atoms with Crippen LogP contribution in [0, 0.1) is 0 Å². The van der Waals surface area contributed by atoms with E-state index in [1.54, 1.807) is 0 Å². The summed E-state index contributed by atoms with van der Waals surface area (Å²) in [4.78, 5) is 1.12. The lowest BCUT2D eigenvalue weighted by Crippen LogP contribution is -1.96. The Morgan fingerprint density at radius 3 is 1.50 bits per heavy atom. The summed E-state index contributed by atoms with van der Waals surface area (Å²) < 4.78 is 0. The Kier molecular flexibility index (Phi) is 10.7. The molecule has 0 aliphatic carbocycles. The minimum Gasteiger partial charge on any atom is -0.0845 e. The molecule has 0 N–H and O–H groups in total. The molecule has 0 saturated heterocycles. The van der Waals surface area contributed by atoms with Gasteiger partial charge in [-0.1, -0.05) is 83.5 Å². The van der Waals surface area contributed by atoms with E-state index in [0.29, 0.717) is 9.65 Å². The lowest BCUT2D eigenvalue weighted by molar-refractivity contribution is 0.731. The topological polar surface area (TPSA) is 0 Å². The minimum atomic E-state index is 0.559. The van der Waals surface area contributed by atoms with Gasteiger partial charge in [-0.15, -0.1) is 0 Å². The second kappa shape index (κ2) is 10.2. The van der Waals surface area contributed by atoms with E-state index < -0.39 is 0 Å². The van der Waals surface area contributed by atoms with Crippen molar-refractivity contribution in [3.63, 3.8) is 0 Å². The highest BCUT2D eigenvalue weighted by Crippen LogP contribution is 2.15. The van der Waals surface area contributed by atoms with Gasteiger partial charge in [-0.05, 0) is 12.8 Å². The van der Waals surface area contributed by atoms with Gasteiger partial charge in [0.15, 0.2) is 0 Å². The molecule has 0 saturated carbocycles. The van der Waals surface area contributed by atoms with Gasteiger partial charge in [-0.2, -0.15) is 0 Å². The summed E-state index contributed by atoms with van der Waals surface area (Å²) in [5.74, 6) is 0. The van der Waals surface area contributed by atoms with E-state index in [1.165, 1.54) is 38.5 Å². The largest absolute Gasteiger partial charge is 0.0845 e. The molecule has 0 nitrogen and oxygen atoms in total. The molecule has 0 heterocycles. The van der Waals surface area contributed by atoms with Crippen molar-refractivity contribution in [2.45, 2.75) is 62.0 Å². The summed E-state index contributed by atoms with van der Waals surface area (Å²) in [5, 5.41) is 0. The van der Waals surface area contributed by atoms with E-state index in [9.17, 15) is 0 Å². The van der Waals surface area contributed by atoms with Gasteiger partial charge in [-0.25, -0.2) is 0 Å². The number of allylic oxidation sites excluding steroid dienone is 2. The van der Waals surface area contributed by atoms with Crippen molar-refractivity contribution in [2.24, 2.45) is 0 Å². The second-order valence-electron chi connectivity index (χ2n) is 3.70. The van der Waals surface area contributed by atoms with Gasteiger partial charge in [0.2, 0.25) is 0 Å². The zero-order valence-electron chi connectivity index (χ0n) is 9.31. The third kappa shape index (κ3) is 9.26. The van der Waals surface area contributed by atoms with E-state index in [4.69, 9.17) is 0 Å². The predicted octanol–water partition coefficient (Wildman–Crippen LogP) is 5.45. The Bertz CT molecular complexity index is 127. The molecular formula is C12H22Br2. The standard InChI is InChI=1S/C12H22Br2/c1-3-5-7-11(13)9-10-12(14)8-6-4-2/h9-12H,3-8H2,1-2H3. The maximum atomic E-state index is 3.67. The molecule has 0 bridgehead atoms. The summed E-state index contributed by atoms with van der Waals surface area (Å²) >= 11 is 7.34. The van der Waals surface area contributed by atoms with Crippen molar-refractivity contribution >= 4 is 31.9 Å². The quantitative estimate of drug-likeness (QED) is 0.411. The molecule has 0 radical (unpaired) electrons. The van der Waals surface area contributed by atoms with Crippen LogP contribution in [0.15, 0.2) is 12.2 Å². The number of rotatable bonds is 8. The molecule has 84 valence electrons. The zero-order valence-corrected chi connectivity index (χ0v) is 12.5. The molecule has 0 aromatic rings. The van der Waals surface area contributed by atoms with Gasteiger partial charge in [0, 0.05) is 9.65 Å². The molecule has 2 atom stereocenters. The number of hydrogen-bond acceptors (Lipinski definition) is 0. The molecule has 14 heavy (non-hydrogen) atoms. The minimum absolute atomic E-state index is 0.559. The first kappa shape index (κ1) is 14.7. The summed E-state index contributed by atoms with van der Waals surface area (Å²) in [6.07, 6.45) is 12.2. The third-order valence-corrected chi connectivity index (χ3v) is 3.72. The lowest BCUT2D eigenvalue weighted by atomic mass is 10.1. The highest BCUT2D eigenvalue weighted by molar-refractivity contribution is 9.10. The van der Waals surface area contributed by atoms with E-state index in [0.717, 1.165) is 0 Å². The van der Waals surface area contributed by atoms with E-state index in [2.05, 4.69) is 57.9 Å². The first-order chi connectivity index (χ1) is 6.70. The van der Waals surface area contributed by atoms with Crippen molar-refractivity contribution in [1.29, 1.82) is 0 Å². The Balaban J connectivity index is 3.56. The highest BCUT2D eigenvalue weighted by atomic mass is 79.9. The molecule has 0 aliphatic rings. The smallest absolute Gasteiger partial charge is 0.0325 e. The van der Waals surface area contributed by atoms with Crippen molar-refractivity contribution in [3.8, 4) is 0 Å². The molecule has 0 fully saturated rings. The number of unbranched alkanes of at least 4 members (excludes halogenated alkanes) is 2. The normalized spacial score (nSPS) is 16.0. The lowest BCUT2D eigenvalue weighted by Gasteiger charge is -2.05. The predicted molar refractivity (Wildman–Crippen MR) is 73.6 cm³/mol. The van der Waals surface area contributed by atoms with Crippen LogP contribution < -0.4 is 0 Å². The summed E-state index contributed by atoms with van der Waals surface area (Å²) in [5.41, 5.74) is 0. The van der Waals surface area contributed by atoms with Crippen LogP contribution in [0.1, 0.15) is 52.4 Å². The van der Waals surface area contributed by atoms with Crippen LogP contribution in [0.4, 0.5) is 0 Å². The molecule has 0 aliphatic heterocycles. The van der Waals surface area contributed by atoms with Crippen LogP contribution in [-0.4, -0.2) is 9.65 Å². The average molecular weight is 326 g/mol. The molecule has 0 amide bonds. The van der Waals surface area contributed by atoms with Crippen molar-refractivity contribution in [2.75, 3.05) is 0 Å². The maximum Gasteiger partial charge on any atom is 0.0325 e. The first-order valence-corrected chi connectivity index (χ1v) is 7.50. The van der Waals surface area contributed by atoms with Crippen LogP contribution in [0.5, 0.6) is 0 Å². The van der Waals surface area contributed by atoms with E-state index >= 15 is 0 Å². The second-order valence-corrected chi connectivity index (χ2v) is 6.05. The monoisotopic (exact) mass is 324 g/mol. The first-order valence-electron chi connectivity index (χ1n) is 5.67. The summed E-state index contributed by atoms with van der Waals surface area (Å²) in [6.45, 7) is 4.47.